The van der Waals surface area contributed by atoms with Crippen LogP contribution in [0.1, 0.15) is 25.3 Å². The van der Waals surface area contributed by atoms with Crippen LogP contribution >= 0.6 is 0 Å². The standard InChI is InChI=1S/C12H13F3O2/c1-7-6-12(16,4-5-17-7)8-2-3-9(13)11(15)10(8)14/h2-3,7,16H,4-6H2,1H3. The lowest BCUT2D eigenvalue weighted by atomic mass is 9.83. The summed E-state index contributed by atoms with van der Waals surface area (Å²) >= 11 is 0. The van der Waals surface area contributed by atoms with Gasteiger partial charge in [-0.3, -0.25) is 0 Å². The first-order valence-electron chi connectivity index (χ1n) is 5.42. The van der Waals surface area contributed by atoms with Crippen molar-refractivity contribution in [3.8, 4) is 0 Å². The van der Waals surface area contributed by atoms with E-state index in [4.69, 9.17) is 4.74 Å². The summed E-state index contributed by atoms with van der Waals surface area (Å²) in [6.45, 7) is 2.00. The Hall–Kier alpha value is -1.07. The van der Waals surface area contributed by atoms with Crippen LogP contribution in [0, 0.1) is 17.5 Å². The molecule has 0 aromatic heterocycles. The van der Waals surface area contributed by atoms with Crippen LogP contribution in [-0.4, -0.2) is 17.8 Å². The summed E-state index contributed by atoms with van der Waals surface area (Å²) in [4.78, 5) is 0. The second-order valence-corrected chi connectivity index (χ2v) is 4.39. The molecule has 5 heteroatoms. The third kappa shape index (κ3) is 2.17. The van der Waals surface area contributed by atoms with E-state index in [-0.39, 0.29) is 31.1 Å². The maximum absolute atomic E-state index is 13.6. The van der Waals surface area contributed by atoms with Crippen molar-refractivity contribution < 1.29 is 23.0 Å². The van der Waals surface area contributed by atoms with Gasteiger partial charge < -0.3 is 9.84 Å². The van der Waals surface area contributed by atoms with Crippen molar-refractivity contribution in [1.82, 2.24) is 0 Å². The highest BCUT2D eigenvalue weighted by Gasteiger charge is 2.38. The molecule has 2 nitrogen and oxygen atoms in total. The summed E-state index contributed by atoms with van der Waals surface area (Å²) in [5.41, 5.74) is -1.69. The van der Waals surface area contributed by atoms with E-state index in [2.05, 4.69) is 0 Å². The fraction of sp³-hybridized carbons (Fsp3) is 0.500. The normalized spacial score (nSPS) is 29.4. The molecule has 2 unspecified atom stereocenters. The summed E-state index contributed by atoms with van der Waals surface area (Å²) < 4.78 is 44.8. The maximum Gasteiger partial charge on any atom is 0.194 e. The second-order valence-electron chi connectivity index (χ2n) is 4.39. The van der Waals surface area contributed by atoms with Crippen molar-refractivity contribution >= 4 is 0 Å². The predicted octanol–water partition coefficient (Wildman–Crippen LogP) is 2.49. The second kappa shape index (κ2) is 4.31. The Morgan fingerprint density at radius 2 is 2.00 bits per heavy atom. The third-order valence-electron chi connectivity index (χ3n) is 3.08. The average Bonchev–Trinajstić information content (AvgIpc) is 2.25. The lowest BCUT2D eigenvalue weighted by Crippen LogP contribution is -2.38. The van der Waals surface area contributed by atoms with Gasteiger partial charge in [-0.25, -0.2) is 13.2 Å². The molecule has 1 fully saturated rings. The van der Waals surface area contributed by atoms with Crippen LogP contribution in [0.5, 0.6) is 0 Å². The highest BCUT2D eigenvalue weighted by atomic mass is 19.2. The minimum absolute atomic E-state index is 0.162. The summed E-state index contributed by atoms with van der Waals surface area (Å²) in [5, 5.41) is 10.3. The van der Waals surface area contributed by atoms with Gasteiger partial charge >= 0.3 is 0 Å². The molecule has 94 valence electrons. The van der Waals surface area contributed by atoms with Crippen LogP contribution in [-0.2, 0) is 10.3 Å². The molecule has 17 heavy (non-hydrogen) atoms. The molecule has 1 heterocycles. The van der Waals surface area contributed by atoms with Crippen LogP contribution in [0.15, 0.2) is 12.1 Å². The van der Waals surface area contributed by atoms with E-state index in [1.807, 2.05) is 0 Å². The SMILES string of the molecule is CC1CC(O)(c2ccc(F)c(F)c2F)CCO1. The lowest BCUT2D eigenvalue weighted by molar-refractivity contribution is -0.103. The highest BCUT2D eigenvalue weighted by molar-refractivity contribution is 5.27. The van der Waals surface area contributed by atoms with Gasteiger partial charge in [0.25, 0.3) is 0 Å². The number of ether oxygens (including phenoxy) is 1. The molecule has 0 radical (unpaired) electrons. The topological polar surface area (TPSA) is 29.5 Å². The molecule has 1 aliphatic heterocycles. The Morgan fingerprint density at radius 1 is 1.29 bits per heavy atom. The third-order valence-corrected chi connectivity index (χ3v) is 3.08. The van der Waals surface area contributed by atoms with Crippen LogP contribution in [0.3, 0.4) is 0 Å². The van der Waals surface area contributed by atoms with Gasteiger partial charge in [-0.2, -0.15) is 0 Å². The molecule has 0 spiro atoms. The largest absolute Gasteiger partial charge is 0.385 e. The average molecular weight is 246 g/mol. The Kier molecular flexibility index (Phi) is 3.14. The fourth-order valence-corrected chi connectivity index (χ4v) is 2.20. The molecule has 0 aliphatic carbocycles. The fourth-order valence-electron chi connectivity index (χ4n) is 2.20. The quantitative estimate of drug-likeness (QED) is 0.771. The molecule has 1 aromatic carbocycles. The predicted molar refractivity (Wildman–Crippen MR) is 54.9 cm³/mol. The van der Waals surface area contributed by atoms with Crippen molar-refractivity contribution in [2.24, 2.45) is 0 Å². The molecule has 2 atom stereocenters. The first-order valence-corrected chi connectivity index (χ1v) is 5.42. The molecule has 1 aromatic rings. The molecule has 2 rings (SSSR count). The zero-order chi connectivity index (χ0) is 12.6. The smallest absolute Gasteiger partial charge is 0.194 e. The van der Waals surface area contributed by atoms with Gasteiger partial charge in [0.05, 0.1) is 18.3 Å². The zero-order valence-corrected chi connectivity index (χ0v) is 9.34. The number of aliphatic hydroxyl groups is 1. The van der Waals surface area contributed by atoms with Crippen molar-refractivity contribution in [3.63, 3.8) is 0 Å². The highest BCUT2D eigenvalue weighted by Crippen LogP contribution is 2.36. The van der Waals surface area contributed by atoms with E-state index in [1.54, 1.807) is 6.92 Å². The Bertz CT molecular complexity index is 436. The number of benzene rings is 1. The molecular formula is C12H13F3O2. The van der Waals surface area contributed by atoms with Gasteiger partial charge in [-0.15, -0.1) is 0 Å². The van der Waals surface area contributed by atoms with Gasteiger partial charge in [0.15, 0.2) is 17.5 Å². The molecule has 1 N–H and O–H groups in total. The minimum atomic E-state index is -1.55. The van der Waals surface area contributed by atoms with E-state index < -0.39 is 23.1 Å². The lowest BCUT2D eigenvalue weighted by Gasteiger charge is -2.36. The first-order chi connectivity index (χ1) is 7.94. The van der Waals surface area contributed by atoms with Gasteiger partial charge in [0, 0.05) is 18.4 Å². The van der Waals surface area contributed by atoms with E-state index in [0.29, 0.717) is 0 Å². The molecule has 1 aliphatic rings. The van der Waals surface area contributed by atoms with Crippen molar-refractivity contribution in [1.29, 1.82) is 0 Å². The number of hydrogen-bond donors (Lipinski definition) is 1. The van der Waals surface area contributed by atoms with Crippen LogP contribution in [0.4, 0.5) is 13.2 Å². The van der Waals surface area contributed by atoms with Crippen molar-refractivity contribution in [2.45, 2.75) is 31.5 Å². The van der Waals surface area contributed by atoms with Crippen LogP contribution in [0.25, 0.3) is 0 Å². The number of halogens is 3. The Morgan fingerprint density at radius 3 is 2.65 bits per heavy atom. The summed E-state index contributed by atoms with van der Waals surface area (Å²) in [6, 6.07) is 1.91. The Balaban J connectivity index is 2.42. The maximum atomic E-state index is 13.6. The van der Waals surface area contributed by atoms with Crippen molar-refractivity contribution in [3.05, 3.63) is 35.1 Å². The monoisotopic (exact) mass is 246 g/mol. The van der Waals surface area contributed by atoms with E-state index in [1.165, 1.54) is 0 Å². The van der Waals surface area contributed by atoms with Gasteiger partial charge in [-0.1, -0.05) is 6.07 Å². The van der Waals surface area contributed by atoms with Crippen LogP contribution in [0.2, 0.25) is 0 Å². The van der Waals surface area contributed by atoms with Crippen molar-refractivity contribution in [2.75, 3.05) is 6.61 Å². The molecule has 1 saturated heterocycles. The summed E-state index contributed by atoms with van der Waals surface area (Å²) in [6.07, 6.45) is 0.0789. The number of rotatable bonds is 1. The van der Waals surface area contributed by atoms with Gasteiger partial charge in [-0.05, 0) is 13.0 Å². The molecular weight excluding hydrogens is 233 g/mol. The minimum Gasteiger partial charge on any atom is -0.385 e. The van der Waals surface area contributed by atoms with E-state index >= 15 is 0 Å². The summed E-state index contributed by atoms with van der Waals surface area (Å²) in [7, 11) is 0. The van der Waals surface area contributed by atoms with Gasteiger partial charge in [0.2, 0.25) is 0 Å². The molecule has 0 saturated carbocycles. The molecule has 0 bridgehead atoms. The zero-order valence-electron chi connectivity index (χ0n) is 9.34. The van der Waals surface area contributed by atoms with Crippen LogP contribution < -0.4 is 0 Å². The Labute approximate surface area is 97.0 Å². The van der Waals surface area contributed by atoms with E-state index in [9.17, 15) is 18.3 Å². The molecule has 0 amide bonds. The summed E-state index contributed by atoms with van der Waals surface area (Å²) in [5.74, 6) is -4.12. The van der Waals surface area contributed by atoms with E-state index in [0.717, 1.165) is 12.1 Å². The first kappa shape index (κ1) is 12.4. The van der Waals surface area contributed by atoms with Gasteiger partial charge in [0.1, 0.15) is 0 Å². The number of hydrogen-bond acceptors (Lipinski definition) is 2.